The zero-order chi connectivity index (χ0) is 10.4. The standard InChI is InChI=1S/C10H20N2O2/c1-14-10(13)12-9-5-4-8(7-9)3-2-6-11/h8-9H,2-7,11H2,1H3,(H,12,13). The first-order chi connectivity index (χ1) is 6.76. The quantitative estimate of drug-likeness (QED) is 0.718. The lowest BCUT2D eigenvalue weighted by molar-refractivity contribution is 0.166. The Hall–Kier alpha value is -0.770. The number of amides is 1. The summed E-state index contributed by atoms with van der Waals surface area (Å²) < 4.78 is 4.56. The van der Waals surface area contributed by atoms with Crippen molar-refractivity contribution in [3.8, 4) is 0 Å². The number of alkyl carbamates (subject to hydrolysis) is 1. The van der Waals surface area contributed by atoms with Gasteiger partial charge in [0, 0.05) is 6.04 Å². The lowest BCUT2D eigenvalue weighted by Gasteiger charge is -2.11. The molecule has 0 aliphatic heterocycles. The van der Waals surface area contributed by atoms with Crippen molar-refractivity contribution in [2.75, 3.05) is 13.7 Å². The molecule has 1 amide bonds. The van der Waals surface area contributed by atoms with Crippen molar-refractivity contribution in [1.82, 2.24) is 5.32 Å². The van der Waals surface area contributed by atoms with Crippen molar-refractivity contribution < 1.29 is 9.53 Å². The van der Waals surface area contributed by atoms with Gasteiger partial charge in [-0.15, -0.1) is 0 Å². The van der Waals surface area contributed by atoms with E-state index in [0.29, 0.717) is 6.04 Å². The topological polar surface area (TPSA) is 64.3 Å². The third-order valence-electron chi connectivity index (χ3n) is 2.87. The summed E-state index contributed by atoms with van der Waals surface area (Å²) in [5.41, 5.74) is 5.45. The second kappa shape index (κ2) is 5.86. The predicted molar refractivity (Wildman–Crippen MR) is 55.0 cm³/mol. The lowest BCUT2D eigenvalue weighted by Crippen LogP contribution is -2.32. The summed E-state index contributed by atoms with van der Waals surface area (Å²) >= 11 is 0. The van der Waals surface area contributed by atoms with Crippen LogP contribution in [0.25, 0.3) is 0 Å². The maximum absolute atomic E-state index is 10.9. The van der Waals surface area contributed by atoms with Crippen molar-refractivity contribution in [2.24, 2.45) is 11.7 Å². The van der Waals surface area contributed by atoms with E-state index >= 15 is 0 Å². The highest BCUT2D eigenvalue weighted by atomic mass is 16.5. The lowest BCUT2D eigenvalue weighted by atomic mass is 10.0. The highest BCUT2D eigenvalue weighted by Crippen LogP contribution is 2.28. The van der Waals surface area contributed by atoms with Crippen LogP contribution in [-0.4, -0.2) is 25.8 Å². The summed E-state index contributed by atoms with van der Waals surface area (Å²) in [7, 11) is 1.40. The Balaban J connectivity index is 2.17. The molecular weight excluding hydrogens is 180 g/mol. The summed E-state index contributed by atoms with van der Waals surface area (Å²) in [6.07, 6.45) is 5.33. The van der Waals surface area contributed by atoms with Crippen LogP contribution in [0, 0.1) is 5.92 Å². The number of hydrogen-bond donors (Lipinski definition) is 2. The van der Waals surface area contributed by atoms with E-state index in [-0.39, 0.29) is 6.09 Å². The normalized spacial score (nSPS) is 26.1. The molecule has 3 N–H and O–H groups in total. The first kappa shape index (κ1) is 11.3. The van der Waals surface area contributed by atoms with Gasteiger partial charge in [0.25, 0.3) is 0 Å². The molecule has 0 aromatic rings. The van der Waals surface area contributed by atoms with E-state index in [1.54, 1.807) is 0 Å². The largest absolute Gasteiger partial charge is 0.453 e. The fourth-order valence-corrected chi connectivity index (χ4v) is 2.10. The molecule has 1 rings (SSSR count). The van der Waals surface area contributed by atoms with E-state index in [1.165, 1.54) is 20.0 Å². The summed E-state index contributed by atoms with van der Waals surface area (Å²) in [5.74, 6) is 0.737. The summed E-state index contributed by atoms with van der Waals surface area (Å²) in [5, 5.41) is 2.84. The first-order valence-corrected chi connectivity index (χ1v) is 5.30. The van der Waals surface area contributed by atoms with Crippen LogP contribution in [-0.2, 0) is 4.74 Å². The first-order valence-electron chi connectivity index (χ1n) is 5.30. The number of methoxy groups -OCH3 is 1. The minimum atomic E-state index is -0.311. The highest BCUT2D eigenvalue weighted by molar-refractivity contribution is 5.67. The third kappa shape index (κ3) is 3.54. The average Bonchev–Trinajstić information content (AvgIpc) is 2.62. The second-order valence-corrected chi connectivity index (χ2v) is 3.94. The molecule has 4 nitrogen and oxygen atoms in total. The fraction of sp³-hybridized carbons (Fsp3) is 0.900. The van der Waals surface area contributed by atoms with Crippen molar-refractivity contribution in [3.63, 3.8) is 0 Å². The molecule has 0 saturated heterocycles. The Morgan fingerprint density at radius 2 is 2.36 bits per heavy atom. The molecule has 4 heteroatoms. The zero-order valence-corrected chi connectivity index (χ0v) is 8.79. The Bertz CT molecular complexity index is 185. The van der Waals surface area contributed by atoms with Gasteiger partial charge in [0.2, 0.25) is 0 Å². The van der Waals surface area contributed by atoms with Gasteiger partial charge in [-0.1, -0.05) is 0 Å². The molecule has 0 aromatic heterocycles. The Labute approximate surface area is 85.2 Å². The van der Waals surface area contributed by atoms with E-state index in [9.17, 15) is 4.79 Å². The average molecular weight is 200 g/mol. The molecule has 1 aliphatic carbocycles. The van der Waals surface area contributed by atoms with Crippen LogP contribution in [0.15, 0.2) is 0 Å². The Morgan fingerprint density at radius 1 is 1.57 bits per heavy atom. The second-order valence-electron chi connectivity index (χ2n) is 3.94. The van der Waals surface area contributed by atoms with Gasteiger partial charge >= 0.3 is 6.09 Å². The third-order valence-corrected chi connectivity index (χ3v) is 2.87. The van der Waals surface area contributed by atoms with E-state index in [4.69, 9.17) is 5.73 Å². The molecule has 0 bridgehead atoms. The molecule has 82 valence electrons. The summed E-state index contributed by atoms with van der Waals surface area (Å²) in [6.45, 7) is 0.769. The molecule has 14 heavy (non-hydrogen) atoms. The van der Waals surface area contributed by atoms with Crippen molar-refractivity contribution in [2.45, 2.75) is 38.1 Å². The van der Waals surface area contributed by atoms with E-state index < -0.39 is 0 Å². The molecule has 0 aromatic carbocycles. The van der Waals surface area contributed by atoms with Crippen LogP contribution in [0.1, 0.15) is 32.1 Å². The van der Waals surface area contributed by atoms with Crippen LogP contribution in [0.4, 0.5) is 4.79 Å². The van der Waals surface area contributed by atoms with Crippen molar-refractivity contribution in [3.05, 3.63) is 0 Å². The van der Waals surface area contributed by atoms with Gasteiger partial charge in [0.05, 0.1) is 7.11 Å². The number of carbonyl (C=O) groups excluding carboxylic acids is 1. The van der Waals surface area contributed by atoms with Crippen LogP contribution in [0.5, 0.6) is 0 Å². The van der Waals surface area contributed by atoms with Crippen LogP contribution >= 0.6 is 0 Å². The number of hydrogen-bond acceptors (Lipinski definition) is 3. The van der Waals surface area contributed by atoms with Gasteiger partial charge in [-0.3, -0.25) is 0 Å². The minimum absolute atomic E-state index is 0.310. The summed E-state index contributed by atoms with van der Waals surface area (Å²) in [6, 6.07) is 0.310. The maximum atomic E-state index is 10.9. The van der Waals surface area contributed by atoms with Crippen LogP contribution < -0.4 is 11.1 Å². The molecule has 0 radical (unpaired) electrons. The van der Waals surface area contributed by atoms with E-state index in [0.717, 1.165) is 31.7 Å². The van der Waals surface area contributed by atoms with Gasteiger partial charge in [-0.05, 0) is 44.6 Å². The smallest absolute Gasteiger partial charge is 0.407 e. The monoisotopic (exact) mass is 200 g/mol. The van der Waals surface area contributed by atoms with Gasteiger partial charge in [0.1, 0.15) is 0 Å². The van der Waals surface area contributed by atoms with Crippen LogP contribution in [0.3, 0.4) is 0 Å². The summed E-state index contributed by atoms with van der Waals surface area (Å²) in [4.78, 5) is 10.9. The molecule has 0 spiro atoms. The molecule has 1 aliphatic rings. The maximum Gasteiger partial charge on any atom is 0.407 e. The fourth-order valence-electron chi connectivity index (χ4n) is 2.10. The minimum Gasteiger partial charge on any atom is -0.453 e. The van der Waals surface area contributed by atoms with E-state index in [1.807, 2.05) is 0 Å². The van der Waals surface area contributed by atoms with Crippen molar-refractivity contribution >= 4 is 6.09 Å². The number of nitrogens with one attached hydrogen (secondary N) is 1. The van der Waals surface area contributed by atoms with Crippen LogP contribution in [0.2, 0.25) is 0 Å². The predicted octanol–water partition coefficient (Wildman–Crippen LogP) is 1.25. The number of carbonyl (C=O) groups is 1. The number of rotatable bonds is 4. The number of ether oxygens (including phenoxy) is 1. The molecule has 1 saturated carbocycles. The van der Waals surface area contributed by atoms with Gasteiger partial charge in [-0.25, -0.2) is 4.79 Å². The molecule has 2 atom stereocenters. The van der Waals surface area contributed by atoms with Crippen molar-refractivity contribution in [1.29, 1.82) is 0 Å². The van der Waals surface area contributed by atoms with Gasteiger partial charge in [0.15, 0.2) is 0 Å². The van der Waals surface area contributed by atoms with Gasteiger partial charge < -0.3 is 15.8 Å². The Kier molecular flexibility index (Phi) is 4.73. The SMILES string of the molecule is COC(=O)NC1CCC(CCCN)C1. The molecule has 1 fully saturated rings. The van der Waals surface area contributed by atoms with E-state index in [2.05, 4.69) is 10.1 Å². The highest BCUT2D eigenvalue weighted by Gasteiger charge is 2.25. The molecule has 2 unspecified atom stereocenters. The zero-order valence-electron chi connectivity index (χ0n) is 8.79. The molecule has 0 heterocycles. The Morgan fingerprint density at radius 3 is 3.00 bits per heavy atom. The molecular formula is C10H20N2O2. The number of nitrogens with two attached hydrogens (primary N) is 1. The van der Waals surface area contributed by atoms with Gasteiger partial charge in [-0.2, -0.15) is 0 Å².